The summed E-state index contributed by atoms with van der Waals surface area (Å²) < 4.78 is 73.8. The lowest BCUT2D eigenvalue weighted by Crippen LogP contribution is -2.43. The van der Waals surface area contributed by atoms with Gasteiger partial charge in [0.15, 0.2) is 6.29 Å². The summed E-state index contributed by atoms with van der Waals surface area (Å²) in [6, 6.07) is 13.6. The van der Waals surface area contributed by atoms with E-state index in [0.717, 1.165) is 0 Å². The van der Waals surface area contributed by atoms with E-state index in [1.807, 2.05) is 0 Å². The lowest BCUT2D eigenvalue weighted by molar-refractivity contribution is -0.125. The summed E-state index contributed by atoms with van der Waals surface area (Å²) >= 11 is 0. The maximum absolute atomic E-state index is 13.6. The number of fused-ring (bicyclic) bond motifs is 1. The Labute approximate surface area is 195 Å². The number of aliphatic imine (C=N–C) groups is 1. The van der Waals surface area contributed by atoms with Crippen molar-refractivity contribution in [1.82, 2.24) is 9.88 Å². The molecule has 0 fully saturated rings. The van der Waals surface area contributed by atoms with Crippen molar-refractivity contribution in [3.05, 3.63) is 70.5 Å². The number of nitrogens with zero attached hydrogens (tertiary/aromatic N) is 2. The average Bonchev–Trinajstić information content (AvgIpc) is 2.82. The van der Waals surface area contributed by atoms with Gasteiger partial charge in [-0.2, -0.15) is 22.0 Å². The summed E-state index contributed by atoms with van der Waals surface area (Å²) in [5.74, 6) is 0.657. The number of anilines is 1. The van der Waals surface area contributed by atoms with Crippen LogP contribution in [-0.2, 0) is 0 Å². The van der Waals surface area contributed by atoms with Gasteiger partial charge in [-0.05, 0) is 48.0 Å². The van der Waals surface area contributed by atoms with Gasteiger partial charge in [0.1, 0.15) is 17.3 Å². The monoisotopic (exact) mass is 494 g/mol. The summed E-state index contributed by atoms with van der Waals surface area (Å²) in [6.07, 6.45) is -4.25. The van der Waals surface area contributed by atoms with Gasteiger partial charge in [-0.3, -0.25) is 19.7 Å². The molecule has 1 aliphatic rings. The maximum Gasteiger partial charge on any atom is 0.401 e. The Morgan fingerprint density at radius 1 is 1.09 bits per heavy atom. The molecule has 1 aromatic heterocycles. The zero-order chi connectivity index (χ0) is 25.2. The number of benzene rings is 2. The van der Waals surface area contributed by atoms with Crippen LogP contribution in [-0.4, -0.2) is 43.5 Å². The van der Waals surface area contributed by atoms with Gasteiger partial charge in [-0.15, -0.1) is 0 Å². The van der Waals surface area contributed by atoms with E-state index in [9.17, 15) is 26.7 Å². The zero-order valence-corrected chi connectivity index (χ0v) is 18.1. The normalized spacial score (nSPS) is 15.0. The van der Waals surface area contributed by atoms with Crippen molar-refractivity contribution in [3.8, 4) is 28.3 Å². The molecule has 0 radical (unpaired) electrons. The van der Waals surface area contributed by atoms with Crippen LogP contribution in [0.3, 0.4) is 0 Å². The fourth-order valence-electron chi connectivity index (χ4n) is 3.52. The van der Waals surface area contributed by atoms with Crippen LogP contribution >= 0.6 is 0 Å². The molecule has 35 heavy (non-hydrogen) atoms. The number of hydrogen-bond donors (Lipinski definition) is 2. The fraction of sp³-hybridized carbons (Fsp3) is 0.217. The van der Waals surface area contributed by atoms with Crippen molar-refractivity contribution in [2.24, 2.45) is 4.99 Å². The molecule has 2 heterocycles. The lowest BCUT2D eigenvalue weighted by atomic mass is 10.0. The lowest BCUT2D eigenvalue weighted by Gasteiger charge is -2.26. The van der Waals surface area contributed by atoms with Crippen LogP contribution in [0.2, 0.25) is 0 Å². The van der Waals surface area contributed by atoms with Gasteiger partial charge in [0.05, 0.1) is 19.3 Å². The van der Waals surface area contributed by atoms with Crippen LogP contribution in [0.5, 0.6) is 11.5 Å². The third kappa shape index (κ3) is 5.60. The van der Waals surface area contributed by atoms with E-state index in [2.05, 4.69) is 20.4 Å². The van der Waals surface area contributed by atoms with Gasteiger partial charge >= 0.3 is 12.8 Å². The van der Waals surface area contributed by atoms with Gasteiger partial charge in [0.25, 0.3) is 5.56 Å². The number of alkyl halides is 5. The van der Waals surface area contributed by atoms with E-state index in [1.165, 1.54) is 42.2 Å². The van der Waals surface area contributed by atoms with Gasteiger partial charge in [-0.1, -0.05) is 12.1 Å². The van der Waals surface area contributed by atoms with Crippen molar-refractivity contribution in [3.63, 3.8) is 0 Å². The molecule has 2 N–H and O–H groups in total. The highest BCUT2D eigenvalue weighted by atomic mass is 19.4. The molecule has 0 aliphatic carbocycles. The van der Waals surface area contributed by atoms with E-state index < -0.39 is 31.2 Å². The Morgan fingerprint density at radius 2 is 1.74 bits per heavy atom. The standard InChI is InChI=1S/C23H19F5N4O3/c1-34-16-6-2-13(3-7-16)18-10-14-11-29-22(30-12-23(26,27)28)31-19(14)32(20(18)33)15-4-8-17(9-5-15)35-21(24)25/h2-11,21-22,30-31H,12H2,1H3. The Bertz CT molecular complexity index is 1270. The number of halogens is 5. The summed E-state index contributed by atoms with van der Waals surface area (Å²) in [5.41, 5.74) is 1.08. The molecular weight excluding hydrogens is 475 g/mol. The molecule has 7 nitrogen and oxygen atoms in total. The molecule has 4 rings (SSSR count). The predicted octanol–water partition coefficient (Wildman–Crippen LogP) is 4.39. The van der Waals surface area contributed by atoms with Crippen molar-refractivity contribution in [2.75, 3.05) is 19.0 Å². The highest BCUT2D eigenvalue weighted by Crippen LogP contribution is 2.28. The molecular formula is C23H19F5N4O3. The van der Waals surface area contributed by atoms with Gasteiger partial charge in [-0.25, -0.2) is 0 Å². The minimum absolute atomic E-state index is 0.115. The number of rotatable bonds is 7. The number of nitrogens with one attached hydrogen (secondary N) is 2. The molecule has 3 aromatic rings. The van der Waals surface area contributed by atoms with Crippen LogP contribution in [0, 0.1) is 0 Å². The van der Waals surface area contributed by atoms with E-state index in [-0.39, 0.29) is 22.8 Å². The molecule has 2 aromatic carbocycles. The summed E-state index contributed by atoms with van der Waals surface area (Å²) in [6.45, 7) is -4.32. The molecule has 12 heteroatoms. The number of methoxy groups -OCH3 is 1. The maximum atomic E-state index is 13.6. The number of aromatic nitrogens is 1. The highest BCUT2D eigenvalue weighted by molar-refractivity contribution is 5.91. The molecule has 0 amide bonds. The average molecular weight is 494 g/mol. The molecule has 1 atom stereocenters. The van der Waals surface area contributed by atoms with Crippen LogP contribution in [0.1, 0.15) is 5.56 Å². The number of ether oxygens (including phenoxy) is 2. The molecule has 0 saturated heterocycles. The second-order valence-electron chi connectivity index (χ2n) is 7.42. The zero-order valence-electron chi connectivity index (χ0n) is 18.1. The van der Waals surface area contributed by atoms with Crippen LogP contribution in [0.15, 0.2) is 64.4 Å². The second kappa shape index (κ2) is 9.74. The van der Waals surface area contributed by atoms with Crippen molar-refractivity contribution < 1.29 is 31.4 Å². The third-order valence-corrected chi connectivity index (χ3v) is 5.08. The number of pyridine rings is 1. The Hall–Kier alpha value is -3.93. The second-order valence-corrected chi connectivity index (χ2v) is 7.42. The van der Waals surface area contributed by atoms with Gasteiger partial charge in [0, 0.05) is 17.3 Å². The summed E-state index contributed by atoms with van der Waals surface area (Å²) in [5, 5.41) is 5.03. The Morgan fingerprint density at radius 3 is 2.34 bits per heavy atom. The SMILES string of the molecule is COc1ccc(-c2cc3c(n(-c4ccc(OC(F)F)cc4)c2=O)NC(NCC(F)(F)F)N=C3)cc1. The van der Waals surface area contributed by atoms with Gasteiger partial charge < -0.3 is 14.8 Å². The fourth-order valence-corrected chi connectivity index (χ4v) is 3.52. The third-order valence-electron chi connectivity index (χ3n) is 5.08. The molecule has 0 bridgehead atoms. The van der Waals surface area contributed by atoms with Crippen molar-refractivity contribution >= 4 is 12.0 Å². The van der Waals surface area contributed by atoms with E-state index in [0.29, 0.717) is 16.9 Å². The first kappa shape index (κ1) is 24.2. The van der Waals surface area contributed by atoms with Gasteiger partial charge in [0.2, 0.25) is 0 Å². The quantitative estimate of drug-likeness (QED) is 0.477. The topological polar surface area (TPSA) is 76.9 Å². The Kier molecular flexibility index (Phi) is 6.74. The summed E-state index contributed by atoms with van der Waals surface area (Å²) in [4.78, 5) is 17.6. The van der Waals surface area contributed by atoms with Crippen LogP contribution in [0.4, 0.5) is 27.8 Å². The first-order chi connectivity index (χ1) is 16.6. The number of hydrogen-bond acceptors (Lipinski definition) is 6. The predicted molar refractivity (Wildman–Crippen MR) is 120 cm³/mol. The molecule has 184 valence electrons. The minimum atomic E-state index is -4.46. The first-order valence-electron chi connectivity index (χ1n) is 10.2. The minimum Gasteiger partial charge on any atom is -0.497 e. The Balaban J connectivity index is 1.80. The van der Waals surface area contributed by atoms with E-state index in [4.69, 9.17) is 4.74 Å². The first-order valence-corrected chi connectivity index (χ1v) is 10.2. The smallest absolute Gasteiger partial charge is 0.401 e. The van der Waals surface area contributed by atoms with Crippen molar-refractivity contribution in [2.45, 2.75) is 19.1 Å². The highest BCUT2D eigenvalue weighted by Gasteiger charge is 2.29. The van der Waals surface area contributed by atoms with E-state index in [1.54, 1.807) is 30.3 Å². The van der Waals surface area contributed by atoms with Crippen LogP contribution in [0.25, 0.3) is 16.8 Å². The van der Waals surface area contributed by atoms with Crippen molar-refractivity contribution in [1.29, 1.82) is 0 Å². The largest absolute Gasteiger partial charge is 0.497 e. The van der Waals surface area contributed by atoms with E-state index >= 15 is 0 Å². The summed E-state index contributed by atoms with van der Waals surface area (Å²) in [7, 11) is 1.51. The van der Waals surface area contributed by atoms with Crippen LogP contribution < -0.4 is 25.7 Å². The molecule has 0 spiro atoms. The molecule has 1 aliphatic heterocycles. The molecule has 0 saturated carbocycles. The molecule has 1 unspecified atom stereocenters.